The first-order valence-corrected chi connectivity index (χ1v) is 6.64. The second kappa shape index (κ2) is 5.69. The lowest BCUT2D eigenvalue weighted by Crippen LogP contribution is -2.09. The fourth-order valence-corrected chi connectivity index (χ4v) is 2.20. The summed E-state index contributed by atoms with van der Waals surface area (Å²) in [5.41, 5.74) is 5.82. The van der Waals surface area contributed by atoms with Crippen LogP contribution in [0, 0.1) is 18.6 Å². The largest absolute Gasteiger partial charge is 0.478 e. The zero-order valence-electron chi connectivity index (χ0n) is 10.9. The van der Waals surface area contributed by atoms with Gasteiger partial charge in [0.2, 0.25) is 0 Å². The molecule has 4 nitrogen and oxygen atoms in total. The molecule has 0 aliphatic rings. The van der Waals surface area contributed by atoms with E-state index in [-0.39, 0.29) is 15.7 Å². The maximum Gasteiger partial charge on any atom is 0.340 e. The third-order valence-corrected chi connectivity index (χ3v) is 3.55. The fraction of sp³-hybridized carbons (Fsp3) is 0.0714. The van der Waals surface area contributed by atoms with Gasteiger partial charge in [0.1, 0.15) is 17.2 Å². The van der Waals surface area contributed by atoms with E-state index in [1.54, 1.807) is 6.92 Å². The van der Waals surface area contributed by atoms with Crippen LogP contribution in [0.5, 0.6) is 0 Å². The summed E-state index contributed by atoms with van der Waals surface area (Å²) >= 11 is 3.05. The van der Waals surface area contributed by atoms with Gasteiger partial charge in [0.05, 0.1) is 15.8 Å². The zero-order valence-corrected chi connectivity index (χ0v) is 12.5. The number of benzene rings is 2. The molecule has 0 spiro atoms. The van der Waals surface area contributed by atoms with Gasteiger partial charge in [-0.1, -0.05) is 0 Å². The summed E-state index contributed by atoms with van der Waals surface area (Å²) in [6, 6.07) is 5.10. The van der Waals surface area contributed by atoms with Crippen LogP contribution in [0.1, 0.15) is 15.9 Å². The number of anilines is 3. The van der Waals surface area contributed by atoms with Crippen molar-refractivity contribution in [1.82, 2.24) is 0 Å². The molecule has 0 heterocycles. The maximum atomic E-state index is 13.4. The average molecular weight is 357 g/mol. The molecule has 0 aromatic heterocycles. The van der Waals surface area contributed by atoms with Crippen LogP contribution in [0.15, 0.2) is 28.7 Å². The monoisotopic (exact) mass is 356 g/mol. The van der Waals surface area contributed by atoms with Crippen molar-refractivity contribution in [2.45, 2.75) is 6.92 Å². The van der Waals surface area contributed by atoms with Crippen LogP contribution in [-0.2, 0) is 0 Å². The third kappa shape index (κ3) is 2.97. The number of nitrogens with two attached hydrogens (primary N) is 1. The van der Waals surface area contributed by atoms with E-state index in [0.29, 0.717) is 11.3 Å². The number of aryl methyl sites for hydroxylation is 1. The van der Waals surface area contributed by atoms with Gasteiger partial charge >= 0.3 is 5.97 Å². The summed E-state index contributed by atoms with van der Waals surface area (Å²) in [5, 5.41) is 12.0. The average Bonchev–Trinajstić information content (AvgIpc) is 2.40. The van der Waals surface area contributed by atoms with Crippen LogP contribution in [-0.4, -0.2) is 11.1 Å². The summed E-state index contributed by atoms with van der Waals surface area (Å²) in [4.78, 5) is 11.2. The summed E-state index contributed by atoms with van der Waals surface area (Å²) in [6.07, 6.45) is 0. The Bertz CT molecular complexity index is 735. The van der Waals surface area contributed by atoms with E-state index in [0.717, 1.165) is 6.07 Å². The van der Waals surface area contributed by atoms with Crippen LogP contribution < -0.4 is 11.1 Å². The molecule has 0 saturated heterocycles. The van der Waals surface area contributed by atoms with Crippen molar-refractivity contribution < 1.29 is 18.7 Å². The van der Waals surface area contributed by atoms with Gasteiger partial charge in [-0.25, -0.2) is 13.6 Å². The number of rotatable bonds is 3. The lowest BCUT2D eigenvalue weighted by molar-refractivity contribution is 0.0698. The van der Waals surface area contributed by atoms with E-state index in [2.05, 4.69) is 21.2 Å². The molecule has 4 N–H and O–H groups in total. The Morgan fingerprint density at radius 2 is 1.90 bits per heavy atom. The second-order valence-electron chi connectivity index (χ2n) is 4.40. The van der Waals surface area contributed by atoms with Crippen molar-refractivity contribution in [1.29, 1.82) is 0 Å². The number of aromatic carboxylic acids is 1. The lowest BCUT2D eigenvalue weighted by atomic mass is 10.1. The Labute approximate surface area is 127 Å². The Hall–Kier alpha value is -2.15. The molecule has 0 unspecified atom stereocenters. The fourth-order valence-electron chi connectivity index (χ4n) is 1.85. The molecule has 0 aliphatic heterocycles. The number of carboxylic acids is 1. The minimum Gasteiger partial charge on any atom is -0.478 e. The van der Waals surface area contributed by atoms with Gasteiger partial charge in [0.15, 0.2) is 0 Å². The molecule has 110 valence electrons. The van der Waals surface area contributed by atoms with Gasteiger partial charge in [-0.3, -0.25) is 0 Å². The SMILES string of the molecule is Cc1cc(F)c(Br)cc1Nc1ccc(F)c(N)c1C(=O)O. The molecule has 21 heavy (non-hydrogen) atoms. The molecular formula is C14H11BrF2N2O2. The van der Waals surface area contributed by atoms with Gasteiger partial charge in [-0.05, 0) is 52.7 Å². The molecule has 0 bridgehead atoms. The number of halogens is 3. The second-order valence-corrected chi connectivity index (χ2v) is 5.25. The van der Waals surface area contributed by atoms with E-state index in [9.17, 15) is 13.6 Å². The molecule has 0 aliphatic carbocycles. The topological polar surface area (TPSA) is 75.3 Å². The van der Waals surface area contributed by atoms with E-state index >= 15 is 0 Å². The van der Waals surface area contributed by atoms with Crippen LogP contribution in [0.3, 0.4) is 0 Å². The van der Waals surface area contributed by atoms with Gasteiger partial charge in [0, 0.05) is 5.69 Å². The van der Waals surface area contributed by atoms with Crippen molar-refractivity contribution in [2.75, 3.05) is 11.1 Å². The first kappa shape index (κ1) is 15.2. The first-order valence-electron chi connectivity index (χ1n) is 5.85. The predicted octanol–water partition coefficient (Wildman–Crippen LogP) is 4.06. The highest BCUT2D eigenvalue weighted by Crippen LogP contribution is 2.31. The Morgan fingerprint density at radius 3 is 2.52 bits per heavy atom. The number of nitrogen functional groups attached to an aromatic ring is 1. The number of nitrogens with one attached hydrogen (secondary N) is 1. The third-order valence-electron chi connectivity index (χ3n) is 2.94. The van der Waals surface area contributed by atoms with Gasteiger partial charge in [0.25, 0.3) is 0 Å². The van der Waals surface area contributed by atoms with E-state index in [1.165, 1.54) is 18.2 Å². The molecule has 7 heteroatoms. The zero-order chi connectivity index (χ0) is 15.7. The van der Waals surface area contributed by atoms with E-state index < -0.39 is 23.3 Å². The Balaban J connectivity index is 2.52. The molecule has 2 aromatic rings. The van der Waals surface area contributed by atoms with Crippen LogP contribution >= 0.6 is 15.9 Å². The van der Waals surface area contributed by atoms with E-state index in [4.69, 9.17) is 10.8 Å². The van der Waals surface area contributed by atoms with Crippen LogP contribution in [0.4, 0.5) is 25.8 Å². The molecular weight excluding hydrogens is 346 g/mol. The maximum absolute atomic E-state index is 13.4. The summed E-state index contributed by atoms with van der Waals surface area (Å²) < 4.78 is 27.0. The Morgan fingerprint density at radius 1 is 1.24 bits per heavy atom. The normalized spacial score (nSPS) is 10.5. The van der Waals surface area contributed by atoms with Crippen LogP contribution in [0.25, 0.3) is 0 Å². The Kier molecular flexibility index (Phi) is 4.13. The summed E-state index contributed by atoms with van der Waals surface area (Å²) in [5.74, 6) is -2.60. The van der Waals surface area contributed by atoms with Gasteiger partial charge in [-0.15, -0.1) is 0 Å². The summed E-state index contributed by atoms with van der Waals surface area (Å²) in [7, 11) is 0. The minimum atomic E-state index is -1.35. The van der Waals surface area contributed by atoms with Crippen LogP contribution in [0.2, 0.25) is 0 Å². The van der Waals surface area contributed by atoms with Crippen molar-refractivity contribution in [2.24, 2.45) is 0 Å². The van der Waals surface area contributed by atoms with Crippen molar-refractivity contribution in [3.05, 3.63) is 51.5 Å². The smallest absolute Gasteiger partial charge is 0.340 e. The predicted molar refractivity (Wildman–Crippen MR) is 79.9 cm³/mol. The molecule has 0 amide bonds. The minimum absolute atomic E-state index is 0.128. The quantitative estimate of drug-likeness (QED) is 0.725. The number of carboxylic acid groups (broad SMARTS) is 1. The number of carbonyl (C=O) groups is 1. The molecule has 2 rings (SSSR count). The van der Waals surface area contributed by atoms with Crippen molar-refractivity contribution in [3.63, 3.8) is 0 Å². The van der Waals surface area contributed by atoms with Gasteiger partial charge in [-0.2, -0.15) is 0 Å². The lowest BCUT2D eigenvalue weighted by Gasteiger charge is -2.14. The first-order chi connectivity index (χ1) is 9.81. The highest BCUT2D eigenvalue weighted by molar-refractivity contribution is 9.10. The van der Waals surface area contributed by atoms with Gasteiger partial charge < -0.3 is 16.2 Å². The molecule has 0 radical (unpaired) electrons. The molecule has 0 fully saturated rings. The highest BCUT2D eigenvalue weighted by atomic mass is 79.9. The molecule has 0 saturated carbocycles. The summed E-state index contributed by atoms with van der Waals surface area (Å²) in [6.45, 7) is 1.66. The molecule has 2 aromatic carbocycles. The molecule has 0 atom stereocenters. The van der Waals surface area contributed by atoms with E-state index in [1.807, 2.05) is 0 Å². The number of hydrogen-bond donors (Lipinski definition) is 3. The standard InChI is InChI=1S/C14H11BrF2N2O2/c1-6-4-9(17)7(15)5-11(6)19-10-3-2-8(16)13(18)12(10)14(20)21/h2-5,19H,18H2,1H3,(H,20,21). The van der Waals surface area contributed by atoms with Crippen molar-refractivity contribution >= 4 is 39.0 Å². The van der Waals surface area contributed by atoms with Crippen molar-refractivity contribution in [3.8, 4) is 0 Å². The highest BCUT2D eigenvalue weighted by Gasteiger charge is 2.18. The number of hydrogen-bond acceptors (Lipinski definition) is 3.